The largest absolute Gasteiger partial charge is 0.379 e. The highest BCUT2D eigenvalue weighted by Gasteiger charge is 2.53. The lowest BCUT2D eigenvalue weighted by Gasteiger charge is -2.52. The standard InChI is InChI=1S/C37H57N7O5S/c1-4-5-18-43-35(45)34(26-30-9-7-6-8-10-30)39-36(46)37(43)15-19-42(20-16-37)27-33-28(2)40-44(29(33)3)31-11-13-32(14-12-31)50(47,48)38-17-21-41-22-24-49-25-23-41/h11-14,30,34,38H,4-10,15-27H2,1-3H3,(H,39,46). The van der Waals surface area contributed by atoms with E-state index in [1.54, 1.807) is 24.3 Å². The van der Waals surface area contributed by atoms with E-state index in [1.165, 1.54) is 19.3 Å². The molecule has 13 heteroatoms. The number of rotatable bonds is 13. The fourth-order valence-electron chi connectivity index (χ4n) is 8.40. The third kappa shape index (κ3) is 8.12. The van der Waals surface area contributed by atoms with E-state index in [0.717, 1.165) is 67.8 Å². The summed E-state index contributed by atoms with van der Waals surface area (Å²) in [5.74, 6) is 0.673. The van der Waals surface area contributed by atoms with Crippen LogP contribution in [0.5, 0.6) is 0 Å². The fourth-order valence-corrected chi connectivity index (χ4v) is 9.42. The molecule has 1 aromatic carbocycles. The van der Waals surface area contributed by atoms with E-state index < -0.39 is 21.6 Å². The summed E-state index contributed by atoms with van der Waals surface area (Å²) in [4.78, 5) is 34.6. The van der Waals surface area contributed by atoms with Crippen molar-refractivity contribution in [3.63, 3.8) is 0 Å². The van der Waals surface area contributed by atoms with Crippen LogP contribution in [0.3, 0.4) is 0 Å². The highest BCUT2D eigenvalue weighted by atomic mass is 32.2. The van der Waals surface area contributed by atoms with Gasteiger partial charge in [-0.25, -0.2) is 17.8 Å². The maximum Gasteiger partial charge on any atom is 0.246 e. The van der Waals surface area contributed by atoms with Gasteiger partial charge in [0, 0.05) is 63.6 Å². The number of nitrogens with zero attached hydrogens (tertiary/aromatic N) is 5. The Kier molecular flexibility index (Phi) is 12.0. The van der Waals surface area contributed by atoms with Crippen molar-refractivity contribution in [1.29, 1.82) is 0 Å². The van der Waals surface area contributed by atoms with Gasteiger partial charge in [-0.3, -0.25) is 19.4 Å². The van der Waals surface area contributed by atoms with E-state index in [0.29, 0.717) is 71.2 Å². The Bertz CT molecular complexity index is 1570. The molecule has 0 bridgehead atoms. The number of sulfonamides is 1. The van der Waals surface area contributed by atoms with Gasteiger partial charge in [-0.1, -0.05) is 45.4 Å². The Morgan fingerprint density at radius 1 is 0.960 bits per heavy atom. The molecule has 1 unspecified atom stereocenters. The third-order valence-corrected chi connectivity index (χ3v) is 13.0. The summed E-state index contributed by atoms with van der Waals surface area (Å²) in [5.41, 5.74) is 3.07. The summed E-state index contributed by atoms with van der Waals surface area (Å²) < 4.78 is 35.9. The first kappa shape index (κ1) is 36.9. The zero-order valence-electron chi connectivity index (χ0n) is 30.3. The van der Waals surface area contributed by atoms with Gasteiger partial charge in [-0.15, -0.1) is 0 Å². The Morgan fingerprint density at radius 2 is 1.66 bits per heavy atom. The topological polar surface area (TPSA) is 129 Å². The molecule has 1 aliphatic carbocycles. The van der Waals surface area contributed by atoms with Gasteiger partial charge < -0.3 is 15.0 Å². The molecule has 12 nitrogen and oxygen atoms in total. The second kappa shape index (κ2) is 16.2. The number of amides is 2. The predicted molar refractivity (Wildman–Crippen MR) is 192 cm³/mol. The van der Waals surface area contributed by atoms with Crippen LogP contribution < -0.4 is 10.0 Å². The molecule has 4 fully saturated rings. The van der Waals surface area contributed by atoms with E-state index in [-0.39, 0.29) is 16.7 Å². The zero-order chi connectivity index (χ0) is 35.3. The van der Waals surface area contributed by atoms with Gasteiger partial charge in [0.25, 0.3) is 0 Å². The van der Waals surface area contributed by atoms with Gasteiger partial charge in [0.2, 0.25) is 21.8 Å². The monoisotopic (exact) mass is 711 g/mol. The van der Waals surface area contributed by atoms with E-state index in [4.69, 9.17) is 9.84 Å². The van der Waals surface area contributed by atoms with Crippen LogP contribution in [-0.2, 0) is 30.9 Å². The number of nitrogens with one attached hydrogen (secondary N) is 2. The molecular weight excluding hydrogens is 655 g/mol. The third-order valence-electron chi connectivity index (χ3n) is 11.6. The Hall–Kier alpha value is -2.84. The van der Waals surface area contributed by atoms with Crippen LogP contribution in [0.15, 0.2) is 29.2 Å². The average Bonchev–Trinajstić information content (AvgIpc) is 3.40. The Balaban J connectivity index is 1.08. The van der Waals surface area contributed by atoms with Crippen molar-refractivity contribution in [3.05, 3.63) is 41.2 Å². The minimum Gasteiger partial charge on any atom is -0.379 e. The molecule has 276 valence electrons. The van der Waals surface area contributed by atoms with Crippen LogP contribution >= 0.6 is 0 Å². The molecule has 1 saturated carbocycles. The molecule has 2 aromatic rings. The molecule has 6 rings (SSSR count). The molecule has 0 radical (unpaired) electrons. The lowest BCUT2D eigenvalue weighted by atomic mass is 9.79. The average molecular weight is 712 g/mol. The van der Waals surface area contributed by atoms with Crippen molar-refractivity contribution in [2.75, 3.05) is 59.0 Å². The first-order valence-electron chi connectivity index (χ1n) is 18.9. The summed E-state index contributed by atoms with van der Waals surface area (Å²) in [6.07, 6.45) is 9.92. The van der Waals surface area contributed by atoms with Crippen molar-refractivity contribution < 1.29 is 22.7 Å². The number of ether oxygens (including phenoxy) is 1. The van der Waals surface area contributed by atoms with Gasteiger partial charge in [-0.05, 0) is 69.7 Å². The van der Waals surface area contributed by atoms with Crippen LogP contribution in [0, 0.1) is 19.8 Å². The summed E-state index contributed by atoms with van der Waals surface area (Å²) in [7, 11) is -3.63. The molecule has 2 N–H and O–H groups in total. The number of unbranched alkanes of at least 4 members (excludes halogenated alkanes) is 1. The van der Waals surface area contributed by atoms with Gasteiger partial charge >= 0.3 is 0 Å². The smallest absolute Gasteiger partial charge is 0.246 e. The zero-order valence-corrected chi connectivity index (χ0v) is 31.1. The number of hydrogen-bond acceptors (Lipinski definition) is 8. The number of carbonyl (C=O) groups excluding carboxylic acids is 2. The molecule has 1 aromatic heterocycles. The molecule has 3 aliphatic heterocycles. The van der Waals surface area contributed by atoms with Crippen molar-refractivity contribution in [1.82, 2.24) is 34.5 Å². The highest BCUT2D eigenvalue weighted by Crippen LogP contribution is 2.36. The van der Waals surface area contributed by atoms with E-state index in [1.807, 2.05) is 23.4 Å². The first-order valence-corrected chi connectivity index (χ1v) is 20.4. The minimum absolute atomic E-state index is 0.0339. The van der Waals surface area contributed by atoms with E-state index in [2.05, 4.69) is 26.8 Å². The molecule has 50 heavy (non-hydrogen) atoms. The molecule has 3 saturated heterocycles. The van der Waals surface area contributed by atoms with E-state index in [9.17, 15) is 18.0 Å². The Labute approximate surface area is 298 Å². The summed E-state index contributed by atoms with van der Waals surface area (Å²) in [5, 5.41) is 8.05. The van der Waals surface area contributed by atoms with Crippen LogP contribution in [-0.4, -0.2) is 115 Å². The lowest BCUT2D eigenvalue weighted by Crippen LogP contribution is -2.73. The fraction of sp³-hybridized carbons (Fsp3) is 0.703. The maximum atomic E-state index is 13.9. The summed E-state index contributed by atoms with van der Waals surface area (Å²) in [6, 6.07) is 6.47. The number of morpholine rings is 1. The summed E-state index contributed by atoms with van der Waals surface area (Å²) in [6.45, 7) is 12.9. The van der Waals surface area contributed by atoms with Crippen molar-refractivity contribution in [3.8, 4) is 5.69 Å². The number of piperidine rings is 1. The van der Waals surface area contributed by atoms with Gasteiger partial charge in [0.1, 0.15) is 11.6 Å². The highest BCUT2D eigenvalue weighted by molar-refractivity contribution is 7.89. The number of likely N-dealkylation sites (tertiary alicyclic amines) is 1. The van der Waals surface area contributed by atoms with Crippen LogP contribution in [0.4, 0.5) is 0 Å². The van der Waals surface area contributed by atoms with E-state index >= 15 is 0 Å². The number of aromatic nitrogens is 2. The van der Waals surface area contributed by atoms with Crippen LogP contribution in [0.1, 0.15) is 88.1 Å². The lowest BCUT2D eigenvalue weighted by molar-refractivity contribution is -0.162. The van der Waals surface area contributed by atoms with Crippen molar-refractivity contribution in [2.45, 2.75) is 108 Å². The SMILES string of the molecule is CCCCN1C(=O)C(CC2CCCCC2)NC(=O)C12CCN(Cc1c(C)nn(-c3ccc(S(=O)(=O)NCCN4CCOCC4)cc3)c1C)CC2. The van der Waals surface area contributed by atoms with Crippen LogP contribution in [0.25, 0.3) is 5.69 Å². The molecular formula is C37H57N7O5S. The number of aryl methyl sites for hydroxylation is 1. The number of benzene rings is 1. The Morgan fingerprint density at radius 3 is 2.34 bits per heavy atom. The molecule has 1 spiro atoms. The predicted octanol–water partition coefficient (Wildman–Crippen LogP) is 3.53. The van der Waals surface area contributed by atoms with Crippen LogP contribution in [0.2, 0.25) is 0 Å². The van der Waals surface area contributed by atoms with Crippen molar-refractivity contribution in [2.24, 2.45) is 5.92 Å². The minimum atomic E-state index is -3.63. The number of piperazine rings is 1. The van der Waals surface area contributed by atoms with Gasteiger partial charge in [-0.2, -0.15) is 5.10 Å². The van der Waals surface area contributed by atoms with Gasteiger partial charge in [0.15, 0.2) is 0 Å². The molecule has 4 aliphatic rings. The van der Waals surface area contributed by atoms with Gasteiger partial charge in [0.05, 0.1) is 29.5 Å². The normalized spacial score (nSPS) is 22.7. The molecule has 1 atom stereocenters. The first-order chi connectivity index (χ1) is 24.1. The number of carbonyl (C=O) groups is 2. The molecule has 4 heterocycles. The summed E-state index contributed by atoms with van der Waals surface area (Å²) >= 11 is 0. The second-order valence-corrected chi connectivity index (χ2v) is 16.6. The molecule has 2 amide bonds. The maximum absolute atomic E-state index is 13.9. The van der Waals surface area contributed by atoms with Crippen molar-refractivity contribution >= 4 is 21.8 Å². The number of hydrogen-bond donors (Lipinski definition) is 2. The quantitative estimate of drug-likeness (QED) is 0.323. The second-order valence-electron chi connectivity index (χ2n) is 14.8.